The maximum atomic E-state index is 10.2. The molecule has 0 aromatic carbocycles. The van der Waals surface area contributed by atoms with Gasteiger partial charge in [0.15, 0.2) is 0 Å². The Kier molecular flexibility index (Phi) is 5.41. The van der Waals surface area contributed by atoms with Crippen LogP contribution in [0.3, 0.4) is 0 Å². The minimum atomic E-state index is -0.992. The van der Waals surface area contributed by atoms with E-state index in [4.69, 9.17) is 10.8 Å². The van der Waals surface area contributed by atoms with Gasteiger partial charge in [0.2, 0.25) is 0 Å². The molecule has 0 rings (SSSR count). The van der Waals surface area contributed by atoms with Crippen molar-refractivity contribution in [2.75, 3.05) is 19.6 Å². The van der Waals surface area contributed by atoms with Crippen molar-refractivity contribution in [2.45, 2.75) is 25.8 Å². The molecule has 0 aliphatic heterocycles. The summed E-state index contributed by atoms with van der Waals surface area (Å²) in [5.74, 6) is 0. The van der Waals surface area contributed by atoms with Crippen molar-refractivity contribution < 1.29 is 9.90 Å². The minimum absolute atomic E-state index is 0.215. The average molecular weight is 189 g/mol. The summed E-state index contributed by atoms with van der Waals surface area (Å²) in [5, 5.41) is 13.9. The molecular weight excluding hydrogens is 170 g/mol. The van der Waals surface area contributed by atoms with Crippen molar-refractivity contribution in [2.24, 2.45) is 5.73 Å². The van der Waals surface area contributed by atoms with E-state index < -0.39 is 6.09 Å². The molecular formula is C8H19N3O2. The van der Waals surface area contributed by atoms with Gasteiger partial charge in [0.1, 0.15) is 0 Å². The molecule has 0 fully saturated rings. The lowest BCUT2D eigenvalue weighted by atomic mass is 10.1. The van der Waals surface area contributed by atoms with Gasteiger partial charge in [-0.05, 0) is 33.4 Å². The molecule has 0 saturated heterocycles. The molecule has 0 aliphatic rings. The molecule has 0 aliphatic carbocycles. The second-order valence-corrected chi connectivity index (χ2v) is 3.61. The molecule has 13 heavy (non-hydrogen) atoms. The van der Waals surface area contributed by atoms with E-state index in [1.54, 1.807) is 0 Å². The standard InChI is InChI=1S/C8H19N3O2/c1-8(2,6-10-7(12)13)11-5-3-4-9/h10-11H,3-6,9H2,1-2H3,(H,12,13). The number of nitrogens with two attached hydrogens (primary N) is 1. The molecule has 0 unspecified atom stereocenters. The summed E-state index contributed by atoms with van der Waals surface area (Å²) >= 11 is 0. The van der Waals surface area contributed by atoms with Gasteiger partial charge in [0, 0.05) is 12.1 Å². The number of hydrogen-bond acceptors (Lipinski definition) is 3. The highest BCUT2D eigenvalue weighted by molar-refractivity contribution is 5.64. The molecule has 5 N–H and O–H groups in total. The van der Waals surface area contributed by atoms with Gasteiger partial charge in [-0.15, -0.1) is 0 Å². The number of amides is 1. The summed E-state index contributed by atoms with van der Waals surface area (Å²) in [6.45, 7) is 5.74. The third kappa shape index (κ3) is 7.55. The van der Waals surface area contributed by atoms with Gasteiger partial charge in [0.05, 0.1) is 0 Å². The van der Waals surface area contributed by atoms with Gasteiger partial charge < -0.3 is 21.5 Å². The Morgan fingerprint density at radius 2 is 2.15 bits per heavy atom. The number of nitrogens with one attached hydrogen (secondary N) is 2. The van der Waals surface area contributed by atoms with Gasteiger partial charge in [0.25, 0.3) is 0 Å². The molecule has 0 aromatic heterocycles. The number of rotatable bonds is 6. The van der Waals surface area contributed by atoms with Gasteiger partial charge in [-0.1, -0.05) is 0 Å². The molecule has 0 heterocycles. The van der Waals surface area contributed by atoms with Crippen LogP contribution in [0.15, 0.2) is 0 Å². The third-order valence-corrected chi connectivity index (χ3v) is 1.67. The van der Waals surface area contributed by atoms with Crippen molar-refractivity contribution in [1.82, 2.24) is 10.6 Å². The Bertz CT molecular complexity index is 159. The fourth-order valence-corrected chi connectivity index (χ4v) is 0.888. The first-order valence-corrected chi connectivity index (χ1v) is 4.40. The van der Waals surface area contributed by atoms with Crippen molar-refractivity contribution in [1.29, 1.82) is 0 Å². The fraction of sp³-hybridized carbons (Fsp3) is 0.875. The predicted molar refractivity (Wildman–Crippen MR) is 51.8 cm³/mol. The van der Waals surface area contributed by atoms with Crippen LogP contribution in [0, 0.1) is 0 Å². The molecule has 0 spiro atoms. The molecule has 1 amide bonds. The van der Waals surface area contributed by atoms with Crippen LogP contribution in [0.25, 0.3) is 0 Å². The Labute approximate surface area is 78.7 Å². The van der Waals surface area contributed by atoms with Gasteiger partial charge in [-0.2, -0.15) is 0 Å². The van der Waals surface area contributed by atoms with E-state index >= 15 is 0 Å². The molecule has 5 heteroatoms. The first-order valence-electron chi connectivity index (χ1n) is 4.40. The summed E-state index contributed by atoms with van der Waals surface area (Å²) in [7, 11) is 0. The van der Waals surface area contributed by atoms with Crippen LogP contribution in [-0.4, -0.2) is 36.4 Å². The molecule has 0 bridgehead atoms. The van der Waals surface area contributed by atoms with E-state index in [1.807, 2.05) is 13.8 Å². The molecule has 0 saturated carbocycles. The van der Waals surface area contributed by atoms with Crippen molar-refractivity contribution in [3.05, 3.63) is 0 Å². The van der Waals surface area contributed by atoms with E-state index in [2.05, 4.69) is 10.6 Å². The van der Waals surface area contributed by atoms with Crippen LogP contribution in [0.2, 0.25) is 0 Å². The highest BCUT2D eigenvalue weighted by atomic mass is 16.4. The Morgan fingerprint density at radius 3 is 2.62 bits per heavy atom. The van der Waals surface area contributed by atoms with Crippen LogP contribution in [0.4, 0.5) is 4.79 Å². The first-order chi connectivity index (χ1) is 5.98. The molecule has 5 nitrogen and oxygen atoms in total. The first kappa shape index (κ1) is 12.2. The number of carboxylic acid groups (broad SMARTS) is 1. The SMILES string of the molecule is CC(C)(CNC(=O)O)NCCCN. The summed E-state index contributed by atoms with van der Waals surface area (Å²) < 4.78 is 0. The maximum Gasteiger partial charge on any atom is 0.404 e. The third-order valence-electron chi connectivity index (χ3n) is 1.67. The fourth-order valence-electron chi connectivity index (χ4n) is 0.888. The monoisotopic (exact) mass is 189 g/mol. The maximum absolute atomic E-state index is 10.2. The largest absolute Gasteiger partial charge is 0.465 e. The lowest BCUT2D eigenvalue weighted by molar-refractivity contribution is 0.190. The Balaban J connectivity index is 3.59. The second-order valence-electron chi connectivity index (χ2n) is 3.61. The summed E-state index contributed by atoms with van der Waals surface area (Å²) in [6, 6.07) is 0. The second kappa shape index (κ2) is 5.77. The highest BCUT2D eigenvalue weighted by Gasteiger charge is 2.16. The van der Waals surface area contributed by atoms with Gasteiger partial charge in [-0.25, -0.2) is 4.79 Å². The highest BCUT2D eigenvalue weighted by Crippen LogP contribution is 1.99. The lowest BCUT2D eigenvalue weighted by Crippen LogP contribution is -2.49. The Hall–Kier alpha value is -0.810. The van der Waals surface area contributed by atoms with Crippen LogP contribution < -0.4 is 16.4 Å². The molecule has 0 atom stereocenters. The van der Waals surface area contributed by atoms with Crippen molar-refractivity contribution >= 4 is 6.09 Å². The van der Waals surface area contributed by atoms with Crippen LogP contribution >= 0.6 is 0 Å². The van der Waals surface area contributed by atoms with Crippen molar-refractivity contribution in [3.8, 4) is 0 Å². The summed E-state index contributed by atoms with van der Waals surface area (Å²) in [6.07, 6.45) is -0.0926. The number of hydrogen-bond donors (Lipinski definition) is 4. The van der Waals surface area contributed by atoms with Gasteiger partial charge >= 0.3 is 6.09 Å². The minimum Gasteiger partial charge on any atom is -0.465 e. The Morgan fingerprint density at radius 1 is 1.54 bits per heavy atom. The molecule has 0 aromatic rings. The van der Waals surface area contributed by atoms with Gasteiger partial charge in [-0.3, -0.25) is 0 Å². The summed E-state index contributed by atoms with van der Waals surface area (Å²) in [4.78, 5) is 10.2. The quantitative estimate of drug-likeness (QED) is 0.442. The zero-order valence-electron chi connectivity index (χ0n) is 8.26. The lowest BCUT2D eigenvalue weighted by Gasteiger charge is -2.25. The molecule has 0 radical (unpaired) electrons. The average Bonchev–Trinajstić information content (AvgIpc) is 2.02. The van der Waals surface area contributed by atoms with E-state index in [0.29, 0.717) is 13.1 Å². The van der Waals surface area contributed by atoms with Crippen LogP contribution in [-0.2, 0) is 0 Å². The zero-order valence-corrected chi connectivity index (χ0v) is 8.26. The van der Waals surface area contributed by atoms with Crippen LogP contribution in [0.1, 0.15) is 20.3 Å². The van der Waals surface area contributed by atoms with Crippen LogP contribution in [0.5, 0.6) is 0 Å². The molecule has 78 valence electrons. The van der Waals surface area contributed by atoms with E-state index in [1.165, 1.54) is 0 Å². The smallest absolute Gasteiger partial charge is 0.404 e. The van der Waals surface area contributed by atoms with Crippen molar-refractivity contribution in [3.63, 3.8) is 0 Å². The predicted octanol–water partition coefficient (Wildman–Crippen LogP) is -0.0290. The number of carbonyl (C=O) groups is 1. The van der Waals surface area contributed by atoms with E-state index in [-0.39, 0.29) is 5.54 Å². The van der Waals surface area contributed by atoms with E-state index in [9.17, 15) is 4.79 Å². The zero-order chi connectivity index (χ0) is 10.3. The normalized spacial score (nSPS) is 11.3. The topological polar surface area (TPSA) is 87.4 Å². The van der Waals surface area contributed by atoms with E-state index in [0.717, 1.165) is 13.0 Å². The summed E-state index contributed by atoms with van der Waals surface area (Å²) in [5.41, 5.74) is 5.12.